The second kappa shape index (κ2) is 6.17. The number of ether oxygens (including phenoxy) is 1. The number of morpholine rings is 1. The van der Waals surface area contributed by atoms with Crippen molar-refractivity contribution in [2.45, 2.75) is 13.0 Å². The lowest BCUT2D eigenvalue weighted by Gasteiger charge is -2.31. The maximum absolute atomic E-state index is 11.8. The van der Waals surface area contributed by atoms with E-state index in [0.29, 0.717) is 18.8 Å². The highest BCUT2D eigenvalue weighted by molar-refractivity contribution is 7.88. The number of nitrogens with one attached hydrogen (secondary N) is 1. The number of carbonyl (C=O) groups excluding carboxylic acids is 1. The van der Waals surface area contributed by atoms with E-state index in [0.717, 1.165) is 5.01 Å². The normalized spacial score (nSPS) is 20.8. The van der Waals surface area contributed by atoms with Crippen molar-refractivity contribution in [3.8, 4) is 0 Å². The van der Waals surface area contributed by atoms with E-state index in [1.165, 1.54) is 21.9 Å². The molecule has 0 aromatic carbocycles. The summed E-state index contributed by atoms with van der Waals surface area (Å²) < 4.78 is 29.8. The van der Waals surface area contributed by atoms with E-state index < -0.39 is 10.0 Å². The molecule has 2 rings (SSSR count). The number of aryl methyl sites for hydroxylation is 1. The van der Waals surface area contributed by atoms with Gasteiger partial charge in [0.2, 0.25) is 10.0 Å². The first-order chi connectivity index (χ1) is 9.36. The molecule has 1 aromatic heterocycles. The Morgan fingerprint density at radius 2 is 2.40 bits per heavy atom. The highest BCUT2D eigenvalue weighted by Crippen LogP contribution is 2.10. The lowest BCUT2D eigenvalue weighted by Crippen LogP contribution is -2.49. The molecule has 9 heteroatoms. The summed E-state index contributed by atoms with van der Waals surface area (Å²) in [7, 11) is -3.22. The van der Waals surface area contributed by atoms with Gasteiger partial charge in [-0.3, -0.25) is 4.79 Å². The molecule has 0 saturated carbocycles. The molecule has 2 heterocycles. The monoisotopic (exact) mass is 319 g/mol. The third kappa shape index (κ3) is 3.98. The molecule has 20 heavy (non-hydrogen) atoms. The van der Waals surface area contributed by atoms with Crippen LogP contribution in [0.2, 0.25) is 0 Å². The molecule has 1 atom stereocenters. The van der Waals surface area contributed by atoms with E-state index in [9.17, 15) is 13.2 Å². The topological polar surface area (TPSA) is 88.6 Å². The summed E-state index contributed by atoms with van der Waals surface area (Å²) in [4.78, 5) is 15.9. The first-order valence-corrected chi connectivity index (χ1v) is 8.86. The van der Waals surface area contributed by atoms with Crippen LogP contribution in [-0.4, -0.2) is 62.2 Å². The second-order valence-corrected chi connectivity index (χ2v) is 7.62. The standard InChI is InChI=1S/C11H17N3O4S2/c1-8-13-10(7-19-8)11(15)12-5-9-6-14(3-4-18-9)20(2,16)17/h7,9H,3-6H2,1-2H3,(H,12,15)/t9-/m1/s1. The maximum atomic E-state index is 11.8. The van der Waals surface area contributed by atoms with Crippen LogP contribution in [0, 0.1) is 6.92 Å². The van der Waals surface area contributed by atoms with Crippen LogP contribution in [0.4, 0.5) is 0 Å². The Balaban J connectivity index is 1.86. The first kappa shape index (κ1) is 15.4. The SMILES string of the molecule is Cc1nc(C(=O)NC[C@@H]2CN(S(C)(=O)=O)CCO2)cs1. The Morgan fingerprint density at radius 1 is 1.65 bits per heavy atom. The van der Waals surface area contributed by atoms with Crippen LogP contribution in [0.3, 0.4) is 0 Å². The summed E-state index contributed by atoms with van der Waals surface area (Å²) in [6.45, 7) is 3.05. The van der Waals surface area contributed by atoms with Gasteiger partial charge in [-0.05, 0) is 6.92 Å². The molecule has 0 radical (unpaired) electrons. The highest BCUT2D eigenvalue weighted by Gasteiger charge is 2.26. The molecule has 1 fully saturated rings. The zero-order valence-electron chi connectivity index (χ0n) is 11.3. The van der Waals surface area contributed by atoms with Gasteiger partial charge in [-0.2, -0.15) is 4.31 Å². The fourth-order valence-electron chi connectivity index (χ4n) is 1.88. The first-order valence-electron chi connectivity index (χ1n) is 6.13. The van der Waals surface area contributed by atoms with Gasteiger partial charge in [0.25, 0.3) is 5.91 Å². The van der Waals surface area contributed by atoms with Crippen molar-refractivity contribution in [3.63, 3.8) is 0 Å². The summed E-state index contributed by atoms with van der Waals surface area (Å²) in [5.74, 6) is -0.269. The molecule has 1 aliphatic rings. The van der Waals surface area contributed by atoms with E-state index in [1.54, 1.807) is 5.38 Å². The lowest BCUT2D eigenvalue weighted by molar-refractivity contribution is 0.000415. The van der Waals surface area contributed by atoms with Crippen molar-refractivity contribution >= 4 is 27.3 Å². The fraction of sp³-hybridized carbons (Fsp3) is 0.636. The Hall–Kier alpha value is -1.03. The Bertz CT molecular complexity index is 584. The van der Waals surface area contributed by atoms with Crippen LogP contribution < -0.4 is 5.32 Å². The fourth-order valence-corrected chi connectivity index (χ4v) is 3.32. The van der Waals surface area contributed by atoms with Crippen molar-refractivity contribution in [3.05, 3.63) is 16.1 Å². The zero-order valence-corrected chi connectivity index (χ0v) is 13.0. The molecule has 0 aliphatic carbocycles. The summed E-state index contributed by atoms with van der Waals surface area (Å²) in [6.07, 6.45) is 0.841. The van der Waals surface area contributed by atoms with Crippen molar-refractivity contribution in [1.29, 1.82) is 0 Å². The van der Waals surface area contributed by atoms with Gasteiger partial charge in [-0.15, -0.1) is 11.3 Å². The smallest absolute Gasteiger partial charge is 0.270 e. The number of hydrogen-bond acceptors (Lipinski definition) is 6. The highest BCUT2D eigenvalue weighted by atomic mass is 32.2. The number of sulfonamides is 1. The van der Waals surface area contributed by atoms with Gasteiger partial charge >= 0.3 is 0 Å². The minimum absolute atomic E-state index is 0.259. The van der Waals surface area contributed by atoms with E-state index in [4.69, 9.17) is 4.74 Å². The Labute approximate surface area is 122 Å². The Morgan fingerprint density at radius 3 is 3.00 bits per heavy atom. The van der Waals surface area contributed by atoms with E-state index in [-0.39, 0.29) is 25.1 Å². The molecule has 1 aliphatic heterocycles. The molecule has 1 saturated heterocycles. The molecule has 0 spiro atoms. The predicted molar refractivity (Wildman–Crippen MR) is 75.3 cm³/mol. The number of rotatable bonds is 4. The third-order valence-electron chi connectivity index (χ3n) is 2.91. The second-order valence-electron chi connectivity index (χ2n) is 4.58. The number of amides is 1. The van der Waals surface area contributed by atoms with Crippen LogP contribution in [0.15, 0.2) is 5.38 Å². The van der Waals surface area contributed by atoms with Crippen LogP contribution in [0.1, 0.15) is 15.5 Å². The quantitative estimate of drug-likeness (QED) is 0.833. The van der Waals surface area contributed by atoms with Gasteiger partial charge in [0, 0.05) is 25.0 Å². The van der Waals surface area contributed by atoms with Gasteiger partial charge in [0.05, 0.1) is 24.0 Å². The lowest BCUT2D eigenvalue weighted by atomic mass is 10.3. The van der Waals surface area contributed by atoms with Crippen LogP contribution in [0.25, 0.3) is 0 Å². The predicted octanol–water partition coefficient (Wildman–Crippen LogP) is -0.158. The van der Waals surface area contributed by atoms with Gasteiger partial charge in [-0.1, -0.05) is 0 Å². The largest absolute Gasteiger partial charge is 0.374 e. The number of aromatic nitrogens is 1. The number of hydrogen-bond donors (Lipinski definition) is 1. The minimum Gasteiger partial charge on any atom is -0.374 e. The number of thiazole rings is 1. The van der Waals surface area contributed by atoms with Gasteiger partial charge in [0.15, 0.2) is 0 Å². The van der Waals surface area contributed by atoms with E-state index >= 15 is 0 Å². The molecule has 112 valence electrons. The zero-order chi connectivity index (χ0) is 14.8. The molecule has 1 amide bonds. The van der Waals surface area contributed by atoms with Crippen molar-refractivity contribution in [2.75, 3.05) is 32.5 Å². The average molecular weight is 319 g/mol. The third-order valence-corrected chi connectivity index (χ3v) is 4.96. The van der Waals surface area contributed by atoms with Crippen molar-refractivity contribution < 1.29 is 17.9 Å². The maximum Gasteiger partial charge on any atom is 0.270 e. The molecule has 0 bridgehead atoms. The summed E-state index contributed by atoms with van der Waals surface area (Å²) in [5, 5.41) is 5.23. The summed E-state index contributed by atoms with van der Waals surface area (Å²) in [5.41, 5.74) is 0.378. The molecular weight excluding hydrogens is 302 g/mol. The minimum atomic E-state index is -3.22. The van der Waals surface area contributed by atoms with Crippen LogP contribution in [0.5, 0.6) is 0 Å². The number of nitrogens with zero attached hydrogens (tertiary/aromatic N) is 2. The Kier molecular flexibility index (Phi) is 4.74. The average Bonchev–Trinajstić information content (AvgIpc) is 2.82. The van der Waals surface area contributed by atoms with Crippen LogP contribution in [-0.2, 0) is 14.8 Å². The van der Waals surface area contributed by atoms with Gasteiger partial charge in [0.1, 0.15) is 5.69 Å². The van der Waals surface area contributed by atoms with Crippen molar-refractivity contribution in [1.82, 2.24) is 14.6 Å². The van der Waals surface area contributed by atoms with E-state index in [2.05, 4.69) is 10.3 Å². The van der Waals surface area contributed by atoms with E-state index in [1.807, 2.05) is 6.92 Å². The summed E-state index contributed by atoms with van der Waals surface area (Å²) >= 11 is 1.41. The molecular formula is C11H17N3O4S2. The summed E-state index contributed by atoms with van der Waals surface area (Å²) in [6, 6.07) is 0. The molecule has 1 N–H and O–H groups in total. The molecule has 1 aromatic rings. The molecule has 0 unspecified atom stereocenters. The van der Waals surface area contributed by atoms with Crippen molar-refractivity contribution in [2.24, 2.45) is 0 Å². The number of carbonyl (C=O) groups is 1. The van der Waals surface area contributed by atoms with Crippen LogP contribution >= 0.6 is 11.3 Å². The molecule has 7 nitrogen and oxygen atoms in total. The van der Waals surface area contributed by atoms with Gasteiger partial charge < -0.3 is 10.1 Å². The van der Waals surface area contributed by atoms with Gasteiger partial charge in [-0.25, -0.2) is 13.4 Å².